The number of rotatable bonds is 13. The molecule has 0 radical (unpaired) electrons. The first-order valence-corrected chi connectivity index (χ1v) is 14.3. The van der Waals surface area contributed by atoms with E-state index in [0.717, 1.165) is 25.0 Å². The van der Waals surface area contributed by atoms with Gasteiger partial charge in [0.05, 0.1) is 13.2 Å². The highest BCUT2D eigenvalue weighted by Gasteiger charge is 2.36. The number of nitrogens with two attached hydrogens (primary N) is 1. The Labute approximate surface area is 259 Å². The van der Waals surface area contributed by atoms with Gasteiger partial charge in [-0.1, -0.05) is 6.07 Å². The predicted molar refractivity (Wildman–Crippen MR) is 150 cm³/mol. The second-order valence-corrected chi connectivity index (χ2v) is 10.6. The summed E-state index contributed by atoms with van der Waals surface area (Å²) >= 11 is 0. The number of ketones is 1. The van der Waals surface area contributed by atoms with Crippen molar-refractivity contribution in [2.75, 3.05) is 26.3 Å². The molecule has 16 heteroatoms. The fraction of sp³-hybridized carbons (Fsp3) is 0.400. The third-order valence-electron chi connectivity index (χ3n) is 7.19. The third-order valence-corrected chi connectivity index (χ3v) is 7.19. The number of alkyl halides is 2. The van der Waals surface area contributed by atoms with Crippen molar-refractivity contribution in [3.05, 3.63) is 65.1 Å². The highest BCUT2D eigenvalue weighted by molar-refractivity contribution is 5.99. The van der Waals surface area contributed by atoms with Gasteiger partial charge in [-0.25, -0.2) is 18.6 Å². The quantitative estimate of drug-likeness (QED) is 0.229. The van der Waals surface area contributed by atoms with Crippen molar-refractivity contribution in [2.45, 2.75) is 44.6 Å². The Balaban J connectivity index is 1.51. The predicted octanol–water partition coefficient (Wildman–Crippen LogP) is 4.19. The Kier molecular flexibility index (Phi) is 10.1. The van der Waals surface area contributed by atoms with E-state index < -0.39 is 60.0 Å². The van der Waals surface area contributed by atoms with Crippen LogP contribution < -0.4 is 25.8 Å². The number of hydrogen-bond donors (Lipinski definition) is 3. The summed E-state index contributed by atoms with van der Waals surface area (Å²) in [6, 6.07) is 4.71. The van der Waals surface area contributed by atoms with Crippen LogP contribution in [0.1, 0.15) is 53.7 Å². The normalized spacial score (nSPS) is 17.7. The monoisotopic (exact) mass is 650 g/mol. The highest BCUT2D eigenvalue weighted by Crippen LogP contribution is 2.37. The van der Waals surface area contributed by atoms with Crippen LogP contribution in [-0.4, -0.2) is 61.8 Å². The minimum atomic E-state index is -3.12. The fourth-order valence-electron chi connectivity index (χ4n) is 4.73. The van der Waals surface area contributed by atoms with Crippen LogP contribution in [0.3, 0.4) is 0 Å². The summed E-state index contributed by atoms with van der Waals surface area (Å²) in [6.07, 6.45) is -1.70. The molecule has 2 fully saturated rings. The molecule has 1 aliphatic carbocycles. The molecule has 12 nitrogen and oxygen atoms in total. The summed E-state index contributed by atoms with van der Waals surface area (Å²) in [4.78, 5) is 43.0. The molecule has 2 heterocycles. The van der Waals surface area contributed by atoms with Crippen molar-refractivity contribution in [1.29, 1.82) is 0 Å². The molecular weight excluding hydrogens is 620 g/mol. The number of hydrogen-bond acceptors (Lipinski definition) is 10. The number of nitrogens with zero attached hydrogens (tertiary/aromatic N) is 1. The lowest BCUT2D eigenvalue weighted by Gasteiger charge is -2.27. The Bertz CT molecular complexity index is 1590. The van der Waals surface area contributed by atoms with Gasteiger partial charge < -0.3 is 39.7 Å². The summed E-state index contributed by atoms with van der Waals surface area (Å²) in [5.74, 6) is -4.32. The van der Waals surface area contributed by atoms with Gasteiger partial charge in [-0.05, 0) is 49.9 Å². The zero-order valence-electron chi connectivity index (χ0n) is 24.4. The number of morpholine rings is 1. The van der Waals surface area contributed by atoms with Crippen molar-refractivity contribution in [2.24, 2.45) is 11.7 Å². The summed E-state index contributed by atoms with van der Waals surface area (Å²) in [6.45, 7) is -0.813. The van der Waals surface area contributed by atoms with Gasteiger partial charge in [0.2, 0.25) is 5.89 Å². The van der Waals surface area contributed by atoms with E-state index in [1.807, 2.05) is 0 Å². The SMILES string of the molecule is CC(OC(N)=O)c1oc(-c2ccc(OC(F)F)c(OCC3CC3)c2)nc1C(=O)NC(C(=O)C1CNCCO1)c1ccc(F)cc1F. The first-order valence-electron chi connectivity index (χ1n) is 14.3. The number of aromatic nitrogens is 1. The Morgan fingerprint density at radius 3 is 2.57 bits per heavy atom. The topological polar surface area (TPSA) is 164 Å². The summed E-state index contributed by atoms with van der Waals surface area (Å²) < 4.78 is 81.4. The van der Waals surface area contributed by atoms with Crippen LogP contribution in [-0.2, 0) is 14.3 Å². The second kappa shape index (κ2) is 14.2. The molecule has 246 valence electrons. The average molecular weight is 651 g/mol. The van der Waals surface area contributed by atoms with E-state index in [1.54, 1.807) is 0 Å². The molecule has 2 amide bonds. The Morgan fingerprint density at radius 1 is 1.13 bits per heavy atom. The molecule has 1 saturated carbocycles. The number of oxazole rings is 1. The van der Waals surface area contributed by atoms with E-state index in [4.69, 9.17) is 24.4 Å². The number of Topliss-reactive ketones (excluding diaryl/α,β-unsaturated/α-hetero) is 1. The first-order chi connectivity index (χ1) is 22.0. The Morgan fingerprint density at radius 2 is 1.91 bits per heavy atom. The molecule has 4 N–H and O–H groups in total. The van der Waals surface area contributed by atoms with E-state index in [0.29, 0.717) is 12.6 Å². The molecule has 3 aromatic rings. The molecule has 1 aliphatic heterocycles. The molecule has 46 heavy (non-hydrogen) atoms. The van der Waals surface area contributed by atoms with Crippen molar-refractivity contribution >= 4 is 17.8 Å². The van der Waals surface area contributed by atoms with E-state index in [1.165, 1.54) is 25.1 Å². The minimum absolute atomic E-state index is 0.0320. The summed E-state index contributed by atoms with van der Waals surface area (Å²) in [5, 5.41) is 5.39. The van der Waals surface area contributed by atoms with Crippen molar-refractivity contribution in [1.82, 2.24) is 15.6 Å². The smallest absolute Gasteiger partial charge is 0.405 e. The third kappa shape index (κ3) is 7.92. The number of halogens is 4. The summed E-state index contributed by atoms with van der Waals surface area (Å²) in [5.41, 5.74) is 4.52. The van der Waals surface area contributed by atoms with Crippen LogP contribution in [0, 0.1) is 17.6 Å². The van der Waals surface area contributed by atoms with Crippen LogP contribution in [0.15, 0.2) is 40.8 Å². The van der Waals surface area contributed by atoms with Gasteiger partial charge >= 0.3 is 12.7 Å². The Hall–Kier alpha value is -4.70. The number of carbonyl (C=O) groups excluding carboxylic acids is 3. The number of carbonyl (C=O) groups is 3. The summed E-state index contributed by atoms with van der Waals surface area (Å²) in [7, 11) is 0. The molecule has 3 atom stereocenters. The maximum Gasteiger partial charge on any atom is 0.405 e. The second-order valence-electron chi connectivity index (χ2n) is 10.6. The van der Waals surface area contributed by atoms with E-state index in [-0.39, 0.29) is 60.0 Å². The number of nitrogens with one attached hydrogen (secondary N) is 2. The zero-order valence-corrected chi connectivity index (χ0v) is 24.4. The molecule has 0 spiro atoms. The maximum atomic E-state index is 14.9. The first kappa shape index (κ1) is 32.7. The molecule has 1 aromatic heterocycles. The van der Waals surface area contributed by atoms with E-state index in [2.05, 4.69) is 20.4 Å². The molecule has 0 bridgehead atoms. The molecule has 2 aliphatic rings. The van der Waals surface area contributed by atoms with Crippen LogP contribution >= 0.6 is 0 Å². The fourth-order valence-corrected chi connectivity index (χ4v) is 4.73. The molecular formula is C30H30F4N4O8. The van der Waals surface area contributed by atoms with Crippen molar-refractivity contribution < 1.29 is 55.3 Å². The lowest BCUT2D eigenvalue weighted by molar-refractivity contribution is -0.134. The lowest BCUT2D eigenvalue weighted by atomic mass is 9.97. The standard InChI is InChI=1S/C30H30F4N4O8/c1-14(44-30(35)41)26-24(38-28(46-26)16-4-7-20(45-29(33)34)21(10-16)43-13-15-2-3-15)27(40)37-23(18-6-5-17(31)11-19(18)32)25(39)22-12-36-8-9-42-22/h4-7,10-11,14-15,22-23,29,36H,2-3,8-9,12-13H2,1H3,(H2,35,41)(H,37,40). The molecule has 1 saturated heterocycles. The number of amides is 2. The van der Waals surface area contributed by atoms with Crippen molar-refractivity contribution in [3.8, 4) is 23.0 Å². The van der Waals surface area contributed by atoms with Gasteiger partial charge in [-0.2, -0.15) is 8.78 Å². The van der Waals surface area contributed by atoms with E-state index >= 15 is 0 Å². The number of primary amides is 1. The molecule has 2 aromatic carbocycles. The zero-order chi connectivity index (χ0) is 33.0. The molecule has 3 unspecified atom stereocenters. The van der Waals surface area contributed by atoms with Crippen LogP contribution in [0.2, 0.25) is 0 Å². The number of ether oxygens (including phenoxy) is 4. The lowest BCUT2D eigenvalue weighted by Crippen LogP contribution is -2.48. The van der Waals surface area contributed by atoms with Gasteiger partial charge in [-0.3, -0.25) is 9.59 Å². The van der Waals surface area contributed by atoms with Gasteiger partial charge in [-0.15, -0.1) is 0 Å². The highest BCUT2D eigenvalue weighted by atomic mass is 19.3. The van der Waals surface area contributed by atoms with Gasteiger partial charge in [0.25, 0.3) is 5.91 Å². The minimum Gasteiger partial charge on any atom is -0.489 e. The largest absolute Gasteiger partial charge is 0.489 e. The average Bonchev–Trinajstić information content (AvgIpc) is 3.74. The van der Waals surface area contributed by atoms with Gasteiger partial charge in [0.15, 0.2) is 34.8 Å². The van der Waals surface area contributed by atoms with Crippen LogP contribution in [0.25, 0.3) is 11.5 Å². The van der Waals surface area contributed by atoms with Gasteiger partial charge in [0.1, 0.15) is 23.8 Å². The van der Waals surface area contributed by atoms with Crippen LogP contribution in [0.5, 0.6) is 11.5 Å². The molecule has 5 rings (SSSR count). The van der Waals surface area contributed by atoms with Crippen molar-refractivity contribution in [3.63, 3.8) is 0 Å². The maximum absolute atomic E-state index is 14.9. The number of benzene rings is 2. The van der Waals surface area contributed by atoms with Crippen LogP contribution in [0.4, 0.5) is 22.4 Å². The van der Waals surface area contributed by atoms with Gasteiger partial charge in [0, 0.05) is 30.3 Å². The van der Waals surface area contributed by atoms with E-state index in [9.17, 15) is 31.9 Å².